The average molecular weight is 577 g/mol. The Balaban J connectivity index is -0.000000369. The van der Waals surface area contributed by atoms with Crippen LogP contribution >= 0.6 is 0 Å². The van der Waals surface area contributed by atoms with E-state index in [1.807, 2.05) is 13.0 Å². The first-order chi connectivity index (χ1) is 16.8. The third-order valence-electron chi connectivity index (χ3n) is 6.37. The minimum Gasteiger partial charge on any atom is -0.547 e. The van der Waals surface area contributed by atoms with Gasteiger partial charge in [0.15, 0.2) is 0 Å². The Morgan fingerprint density at radius 3 is 1.69 bits per heavy atom. The number of hydrogen-bond acceptors (Lipinski definition) is 8. The summed E-state index contributed by atoms with van der Waals surface area (Å²) in [4.78, 5) is 31.8. The van der Waals surface area contributed by atoms with Gasteiger partial charge in [0.1, 0.15) is 12.2 Å². The van der Waals surface area contributed by atoms with E-state index in [2.05, 4.69) is 27.7 Å². The molecule has 8 nitrogen and oxygen atoms in total. The number of carbonyl (C=O) groups is 3. The molecule has 0 amide bonds. The number of ether oxygens (including phenoxy) is 1. The Morgan fingerprint density at radius 1 is 0.795 bits per heavy atom. The molecule has 4 unspecified atom stereocenters. The Morgan fingerprint density at radius 2 is 1.28 bits per heavy atom. The number of rotatable bonds is 16. The third-order valence-corrected chi connectivity index (χ3v) is 6.37. The standard InChI is InChI=1S/C19H36O6.C9H10O2.3Na/c1-13(2)7-5-8-14(3)9-6-10-15(4)11-12-25-17(19(23)24)16(20)18(21)22;1-6-4-3-5-8(7(6)2)9(10)11;;;/h13-17,20H,5-12H2,1-4H3,(H,21,22)(H,23,24);3-5H,1-2H3,(H,10,11);;;/q;;3*+1/p-3. The van der Waals surface area contributed by atoms with Crippen molar-refractivity contribution in [2.75, 3.05) is 6.61 Å². The van der Waals surface area contributed by atoms with Crippen LogP contribution in [0.15, 0.2) is 18.2 Å². The summed E-state index contributed by atoms with van der Waals surface area (Å²) in [5.41, 5.74) is 2.05. The fraction of sp³-hybridized carbons (Fsp3) is 0.679. The first-order valence-electron chi connectivity index (χ1n) is 12.8. The van der Waals surface area contributed by atoms with Crippen LogP contribution in [0.4, 0.5) is 0 Å². The van der Waals surface area contributed by atoms with E-state index in [4.69, 9.17) is 4.74 Å². The summed E-state index contributed by atoms with van der Waals surface area (Å²) in [6, 6.07) is 5.15. The first-order valence-corrected chi connectivity index (χ1v) is 12.8. The van der Waals surface area contributed by atoms with Gasteiger partial charge in [-0.2, -0.15) is 0 Å². The van der Waals surface area contributed by atoms with Crippen molar-refractivity contribution in [1.82, 2.24) is 0 Å². The Bertz CT molecular complexity index is 820. The molecule has 0 saturated carbocycles. The largest absolute Gasteiger partial charge is 1.00 e. The number of carboxylic acids is 3. The molecule has 0 radical (unpaired) electrons. The van der Waals surface area contributed by atoms with Crippen LogP contribution < -0.4 is 104 Å². The molecule has 1 N–H and O–H groups in total. The summed E-state index contributed by atoms with van der Waals surface area (Å²) in [6.45, 7) is 12.5. The van der Waals surface area contributed by atoms with Crippen molar-refractivity contribution in [1.29, 1.82) is 0 Å². The minimum atomic E-state index is -2.22. The maximum absolute atomic E-state index is 10.8. The number of aliphatic carboxylic acids is 2. The van der Waals surface area contributed by atoms with E-state index in [0.717, 1.165) is 29.9 Å². The molecule has 206 valence electrons. The Labute approximate surface area is 300 Å². The van der Waals surface area contributed by atoms with Gasteiger partial charge >= 0.3 is 88.7 Å². The van der Waals surface area contributed by atoms with E-state index in [1.54, 1.807) is 19.1 Å². The summed E-state index contributed by atoms with van der Waals surface area (Å²) in [6.07, 6.45) is 3.59. The molecule has 39 heavy (non-hydrogen) atoms. The monoisotopic (exact) mass is 576 g/mol. The van der Waals surface area contributed by atoms with Crippen LogP contribution in [-0.4, -0.2) is 41.8 Å². The second kappa shape index (κ2) is 26.2. The van der Waals surface area contributed by atoms with Gasteiger partial charge in [0.05, 0.1) is 17.9 Å². The first kappa shape index (κ1) is 46.5. The molecule has 0 bridgehead atoms. The molecule has 0 aliphatic heterocycles. The van der Waals surface area contributed by atoms with Crippen molar-refractivity contribution >= 4 is 17.9 Å². The van der Waals surface area contributed by atoms with Gasteiger partial charge in [0, 0.05) is 12.2 Å². The zero-order valence-corrected chi connectivity index (χ0v) is 31.6. The fourth-order valence-electron chi connectivity index (χ4n) is 3.76. The fourth-order valence-corrected chi connectivity index (χ4v) is 3.76. The number of aromatic carboxylic acids is 1. The van der Waals surface area contributed by atoms with E-state index in [1.165, 1.54) is 25.7 Å². The van der Waals surface area contributed by atoms with Gasteiger partial charge in [-0.1, -0.05) is 84.4 Å². The molecule has 1 rings (SSSR count). The summed E-state index contributed by atoms with van der Waals surface area (Å²) in [5.74, 6) is -2.93. The van der Waals surface area contributed by atoms with Crippen LogP contribution in [0.2, 0.25) is 0 Å². The molecule has 0 saturated heterocycles. The van der Waals surface area contributed by atoms with E-state index >= 15 is 0 Å². The summed E-state index contributed by atoms with van der Waals surface area (Å²) in [5, 5.41) is 41.0. The topological polar surface area (TPSA) is 150 Å². The number of aliphatic hydroxyl groups is 1. The number of benzene rings is 1. The van der Waals surface area contributed by atoms with Gasteiger partial charge in [-0.25, -0.2) is 0 Å². The zero-order valence-electron chi connectivity index (χ0n) is 25.6. The molecular weight excluding hydrogens is 533 g/mol. The number of aryl methyl sites for hydroxylation is 1. The van der Waals surface area contributed by atoms with Crippen molar-refractivity contribution in [3.8, 4) is 0 Å². The van der Waals surface area contributed by atoms with Gasteiger partial charge in [-0.3, -0.25) is 0 Å². The van der Waals surface area contributed by atoms with Gasteiger partial charge < -0.3 is 39.5 Å². The van der Waals surface area contributed by atoms with Crippen molar-refractivity contribution < 1.29 is 128 Å². The summed E-state index contributed by atoms with van der Waals surface area (Å²) < 4.78 is 4.97. The second-order valence-electron chi connectivity index (χ2n) is 10.2. The molecule has 0 heterocycles. The predicted octanol–water partition coefficient (Wildman–Crippen LogP) is -7.43. The van der Waals surface area contributed by atoms with Crippen LogP contribution in [0.5, 0.6) is 0 Å². The molecular formula is C28H43Na3O8. The number of hydrogen-bond donors (Lipinski definition) is 1. The van der Waals surface area contributed by atoms with E-state index in [0.29, 0.717) is 18.3 Å². The Hall–Kier alpha value is 0.550. The smallest absolute Gasteiger partial charge is 0.547 e. The van der Waals surface area contributed by atoms with Gasteiger partial charge in [0.2, 0.25) is 0 Å². The summed E-state index contributed by atoms with van der Waals surface area (Å²) >= 11 is 0. The third kappa shape index (κ3) is 21.8. The van der Waals surface area contributed by atoms with Crippen molar-refractivity contribution in [2.24, 2.45) is 17.8 Å². The van der Waals surface area contributed by atoms with Crippen molar-refractivity contribution in [2.45, 2.75) is 98.7 Å². The van der Waals surface area contributed by atoms with Crippen molar-refractivity contribution in [3.05, 3.63) is 34.9 Å². The normalized spacial score (nSPS) is 13.2. The molecule has 0 aliphatic rings. The average Bonchev–Trinajstić information content (AvgIpc) is 2.77. The molecule has 0 aromatic heterocycles. The van der Waals surface area contributed by atoms with E-state index in [-0.39, 0.29) is 101 Å². The van der Waals surface area contributed by atoms with Gasteiger partial charge in [-0.15, -0.1) is 0 Å². The molecule has 0 fully saturated rings. The van der Waals surface area contributed by atoms with Crippen LogP contribution in [0.3, 0.4) is 0 Å². The molecule has 11 heteroatoms. The molecule has 0 aliphatic carbocycles. The molecule has 1 aromatic carbocycles. The molecule has 1 aromatic rings. The van der Waals surface area contributed by atoms with E-state index < -0.39 is 30.1 Å². The van der Waals surface area contributed by atoms with E-state index in [9.17, 15) is 34.8 Å². The second-order valence-corrected chi connectivity index (χ2v) is 10.2. The maximum Gasteiger partial charge on any atom is 1.00 e. The van der Waals surface area contributed by atoms with Crippen LogP contribution in [0.25, 0.3) is 0 Å². The quantitative estimate of drug-likeness (QED) is 0.191. The molecule has 0 spiro atoms. The number of aliphatic hydroxyl groups excluding tert-OH is 1. The summed E-state index contributed by atoms with van der Waals surface area (Å²) in [7, 11) is 0. The minimum absolute atomic E-state index is 0. The van der Waals surface area contributed by atoms with Crippen molar-refractivity contribution in [3.63, 3.8) is 0 Å². The Kier molecular flexibility index (Phi) is 31.2. The number of carbonyl (C=O) groups excluding carboxylic acids is 3. The zero-order chi connectivity index (χ0) is 27.8. The van der Waals surface area contributed by atoms with Gasteiger partial charge in [0.25, 0.3) is 0 Å². The van der Waals surface area contributed by atoms with Crippen LogP contribution in [0, 0.1) is 31.6 Å². The van der Waals surface area contributed by atoms with Gasteiger partial charge in [-0.05, 0) is 49.1 Å². The molecule has 4 atom stereocenters. The SMILES string of the molecule is CC(C)CCCC(C)CCCC(C)CCOC(C(=O)[O-])C(O)C(=O)[O-].Cc1cccc(C(=O)[O-])c1C.[Na+].[Na+].[Na+]. The van der Waals surface area contributed by atoms with Crippen LogP contribution in [-0.2, 0) is 14.3 Å². The van der Waals surface area contributed by atoms with Crippen LogP contribution in [0.1, 0.15) is 94.1 Å². The predicted molar refractivity (Wildman–Crippen MR) is 131 cm³/mol. The maximum atomic E-state index is 10.8. The number of carboxylic acid groups (broad SMARTS) is 3.